The van der Waals surface area contributed by atoms with Crippen LogP contribution in [0.3, 0.4) is 0 Å². The smallest absolute Gasteiger partial charge is 0.255 e. The van der Waals surface area contributed by atoms with E-state index in [9.17, 15) is 14.4 Å². The van der Waals surface area contributed by atoms with Crippen molar-refractivity contribution in [3.05, 3.63) is 95.6 Å². The quantitative estimate of drug-likeness (QED) is 0.687. The van der Waals surface area contributed by atoms with E-state index in [1.807, 2.05) is 6.07 Å². The second-order valence-electron chi connectivity index (χ2n) is 5.59. The van der Waals surface area contributed by atoms with E-state index in [-0.39, 0.29) is 11.8 Å². The molecule has 5 heteroatoms. The molecule has 0 fully saturated rings. The third kappa shape index (κ3) is 4.21. The van der Waals surface area contributed by atoms with Gasteiger partial charge in [-0.15, -0.1) is 0 Å². The van der Waals surface area contributed by atoms with Gasteiger partial charge >= 0.3 is 0 Å². The Bertz CT molecular complexity index is 918. The van der Waals surface area contributed by atoms with E-state index in [1.54, 1.807) is 72.8 Å². The maximum atomic E-state index is 12.2. The van der Waals surface area contributed by atoms with Gasteiger partial charge in [-0.05, 0) is 48.5 Å². The lowest BCUT2D eigenvalue weighted by molar-refractivity contribution is 0.101. The van der Waals surface area contributed by atoms with E-state index in [1.165, 1.54) is 0 Å². The summed E-state index contributed by atoms with van der Waals surface area (Å²) in [4.78, 5) is 34.9. The van der Waals surface area contributed by atoms with Crippen LogP contribution in [0.5, 0.6) is 0 Å². The molecule has 0 radical (unpaired) electrons. The van der Waals surface area contributed by atoms with E-state index < -0.39 is 0 Å². The van der Waals surface area contributed by atoms with Crippen LogP contribution in [0.4, 0.5) is 11.4 Å². The Balaban J connectivity index is 1.62. The van der Waals surface area contributed by atoms with Crippen LogP contribution < -0.4 is 10.6 Å². The Morgan fingerprint density at radius 1 is 0.615 bits per heavy atom. The molecule has 3 rings (SSSR count). The maximum Gasteiger partial charge on any atom is 0.255 e. The van der Waals surface area contributed by atoms with E-state index in [2.05, 4.69) is 10.6 Å². The molecule has 0 atom stereocenters. The van der Waals surface area contributed by atoms with E-state index >= 15 is 0 Å². The van der Waals surface area contributed by atoms with Gasteiger partial charge in [0.25, 0.3) is 11.8 Å². The van der Waals surface area contributed by atoms with Gasteiger partial charge in [0.15, 0.2) is 0 Å². The summed E-state index contributed by atoms with van der Waals surface area (Å²) in [6.45, 7) is 0. The van der Waals surface area contributed by atoms with Crippen LogP contribution in [0.15, 0.2) is 78.9 Å². The molecule has 3 aromatic carbocycles. The SMILES string of the molecule is O=Cc1ccc(C(=O)Nc2ccc(NC(=O)c3ccccc3)cc2)cc1. The lowest BCUT2D eigenvalue weighted by atomic mass is 10.1. The summed E-state index contributed by atoms with van der Waals surface area (Å²) in [6.07, 6.45) is 0.726. The number of rotatable bonds is 5. The van der Waals surface area contributed by atoms with Gasteiger partial charge in [-0.1, -0.05) is 30.3 Å². The molecule has 0 aliphatic rings. The van der Waals surface area contributed by atoms with Crippen molar-refractivity contribution in [1.29, 1.82) is 0 Å². The second kappa shape index (κ2) is 7.90. The molecule has 0 bridgehead atoms. The van der Waals surface area contributed by atoms with E-state index in [0.717, 1.165) is 6.29 Å². The molecule has 5 nitrogen and oxygen atoms in total. The van der Waals surface area contributed by atoms with Crippen LogP contribution >= 0.6 is 0 Å². The molecule has 0 heterocycles. The molecule has 128 valence electrons. The first-order valence-electron chi connectivity index (χ1n) is 7.99. The molecule has 0 aromatic heterocycles. The largest absolute Gasteiger partial charge is 0.322 e. The summed E-state index contributed by atoms with van der Waals surface area (Å²) in [5.41, 5.74) is 2.78. The molecule has 0 saturated heterocycles. The molecular weight excluding hydrogens is 328 g/mol. The topological polar surface area (TPSA) is 75.3 Å². The Morgan fingerprint density at radius 2 is 1.08 bits per heavy atom. The van der Waals surface area contributed by atoms with Gasteiger partial charge in [-0.25, -0.2) is 0 Å². The summed E-state index contributed by atoms with van der Waals surface area (Å²) in [5, 5.41) is 5.57. The summed E-state index contributed by atoms with van der Waals surface area (Å²) in [5.74, 6) is -0.471. The summed E-state index contributed by atoms with van der Waals surface area (Å²) in [7, 11) is 0. The van der Waals surface area contributed by atoms with Crippen molar-refractivity contribution in [3.63, 3.8) is 0 Å². The molecule has 26 heavy (non-hydrogen) atoms. The van der Waals surface area contributed by atoms with Gasteiger partial charge in [-0.2, -0.15) is 0 Å². The minimum atomic E-state index is -0.275. The number of hydrogen-bond acceptors (Lipinski definition) is 3. The van der Waals surface area contributed by atoms with Gasteiger partial charge in [0, 0.05) is 28.1 Å². The molecule has 2 amide bonds. The summed E-state index contributed by atoms with van der Waals surface area (Å²) < 4.78 is 0. The van der Waals surface area contributed by atoms with Crippen molar-refractivity contribution in [1.82, 2.24) is 0 Å². The van der Waals surface area contributed by atoms with Crippen molar-refractivity contribution >= 4 is 29.5 Å². The molecule has 0 aliphatic heterocycles. The summed E-state index contributed by atoms with van der Waals surface area (Å²) in [6, 6.07) is 22.1. The Hall–Kier alpha value is -3.73. The zero-order valence-electron chi connectivity index (χ0n) is 13.8. The highest BCUT2D eigenvalue weighted by Crippen LogP contribution is 2.16. The summed E-state index contributed by atoms with van der Waals surface area (Å²) >= 11 is 0. The lowest BCUT2D eigenvalue weighted by Crippen LogP contribution is -2.13. The molecule has 0 spiro atoms. The fourth-order valence-corrected chi connectivity index (χ4v) is 2.35. The third-order valence-electron chi connectivity index (χ3n) is 3.75. The maximum absolute atomic E-state index is 12.2. The molecular formula is C21H16N2O3. The van der Waals surface area contributed by atoms with Gasteiger partial charge in [-0.3, -0.25) is 14.4 Å². The first-order valence-corrected chi connectivity index (χ1v) is 7.99. The van der Waals surface area contributed by atoms with Crippen LogP contribution in [0.2, 0.25) is 0 Å². The number of carbonyl (C=O) groups excluding carboxylic acids is 3. The Kier molecular flexibility index (Phi) is 5.19. The van der Waals surface area contributed by atoms with Gasteiger partial charge in [0.2, 0.25) is 0 Å². The second-order valence-corrected chi connectivity index (χ2v) is 5.59. The Morgan fingerprint density at radius 3 is 1.54 bits per heavy atom. The number of amides is 2. The van der Waals surface area contributed by atoms with Crippen molar-refractivity contribution in [2.24, 2.45) is 0 Å². The highest BCUT2D eigenvalue weighted by Gasteiger charge is 2.07. The van der Waals surface area contributed by atoms with Crippen LogP contribution in [-0.4, -0.2) is 18.1 Å². The fraction of sp³-hybridized carbons (Fsp3) is 0. The van der Waals surface area contributed by atoms with Gasteiger partial charge in [0.1, 0.15) is 6.29 Å². The molecule has 0 unspecified atom stereocenters. The number of anilines is 2. The zero-order chi connectivity index (χ0) is 18.4. The van der Waals surface area contributed by atoms with Crippen LogP contribution in [-0.2, 0) is 0 Å². The Labute approximate surface area is 150 Å². The van der Waals surface area contributed by atoms with E-state index in [4.69, 9.17) is 0 Å². The predicted molar refractivity (Wildman–Crippen MR) is 101 cm³/mol. The first-order chi connectivity index (χ1) is 12.7. The van der Waals surface area contributed by atoms with Crippen molar-refractivity contribution in [2.45, 2.75) is 0 Å². The predicted octanol–water partition coefficient (Wildman–Crippen LogP) is 4.00. The number of hydrogen-bond donors (Lipinski definition) is 2. The van der Waals surface area contributed by atoms with Gasteiger partial charge in [0.05, 0.1) is 0 Å². The highest BCUT2D eigenvalue weighted by molar-refractivity contribution is 6.05. The van der Waals surface area contributed by atoms with Gasteiger partial charge < -0.3 is 10.6 Å². The first kappa shape index (κ1) is 17.1. The average Bonchev–Trinajstić information content (AvgIpc) is 2.70. The standard InChI is InChI=1S/C21H16N2O3/c24-14-15-6-8-17(9-7-15)21(26)23-19-12-10-18(11-13-19)22-20(25)16-4-2-1-3-5-16/h1-14H,(H,22,25)(H,23,26). The number of benzene rings is 3. The molecule has 0 saturated carbocycles. The number of carbonyl (C=O) groups is 3. The third-order valence-corrected chi connectivity index (χ3v) is 3.75. The van der Waals surface area contributed by atoms with Crippen molar-refractivity contribution in [3.8, 4) is 0 Å². The minimum Gasteiger partial charge on any atom is -0.322 e. The van der Waals surface area contributed by atoms with Crippen molar-refractivity contribution < 1.29 is 14.4 Å². The normalized spacial score (nSPS) is 10.0. The number of aldehydes is 1. The number of nitrogens with one attached hydrogen (secondary N) is 2. The van der Waals surface area contributed by atoms with Crippen molar-refractivity contribution in [2.75, 3.05) is 10.6 Å². The average molecular weight is 344 g/mol. The molecule has 2 N–H and O–H groups in total. The lowest BCUT2D eigenvalue weighted by Gasteiger charge is -2.08. The van der Waals surface area contributed by atoms with Crippen LogP contribution in [0.25, 0.3) is 0 Å². The molecule has 3 aromatic rings. The van der Waals surface area contributed by atoms with Crippen LogP contribution in [0.1, 0.15) is 31.1 Å². The molecule has 0 aliphatic carbocycles. The fourth-order valence-electron chi connectivity index (χ4n) is 2.35. The van der Waals surface area contributed by atoms with E-state index in [0.29, 0.717) is 28.1 Å². The van der Waals surface area contributed by atoms with Crippen LogP contribution in [0, 0.1) is 0 Å². The monoisotopic (exact) mass is 344 g/mol. The minimum absolute atomic E-state index is 0.197. The highest BCUT2D eigenvalue weighted by atomic mass is 16.2. The zero-order valence-corrected chi connectivity index (χ0v) is 13.8.